The van der Waals surface area contributed by atoms with Gasteiger partial charge >= 0.3 is 11.9 Å². The molecule has 0 spiro atoms. The van der Waals surface area contributed by atoms with Crippen molar-refractivity contribution in [1.82, 2.24) is 0 Å². The average Bonchev–Trinajstić information content (AvgIpc) is 2.73. The Morgan fingerprint density at radius 2 is 1.27 bits per heavy atom. The molecule has 0 aliphatic carbocycles. The van der Waals surface area contributed by atoms with E-state index < -0.39 is 0 Å². The van der Waals surface area contributed by atoms with Crippen molar-refractivity contribution >= 4 is 11.9 Å². The Labute approximate surface area is 136 Å². The third-order valence-corrected chi connectivity index (χ3v) is 6.14. The summed E-state index contributed by atoms with van der Waals surface area (Å²) in [5, 5.41) is 0. The van der Waals surface area contributed by atoms with Crippen molar-refractivity contribution in [3.8, 4) is 0 Å². The molecule has 0 radical (unpaired) electrons. The quantitative estimate of drug-likeness (QED) is 0.492. The number of rotatable bonds is 7. The molecule has 0 aromatic carbocycles. The third-order valence-electron chi connectivity index (χ3n) is 6.14. The van der Waals surface area contributed by atoms with E-state index in [9.17, 15) is 9.59 Å². The number of carbonyl (C=O) groups is 2. The highest BCUT2D eigenvalue weighted by Crippen LogP contribution is 2.53. The summed E-state index contributed by atoms with van der Waals surface area (Å²) in [6, 6.07) is 0. The number of ether oxygens (including phenoxy) is 1. The normalized spacial score (nSPS) is 23.8. The fraction of sp³-hybridized carbons (Fsp3) is 0.895. The minimum Gasteiger partial charge on any atom is -0.393 e. The maximum Gasteiger partial charge on any atom is 0.318 e. The van der Waals surface area contributed by atoms with Crippen LogP contribution in [0.1, 0.15) is 81.1 Å². The molecule has 2 unspecified atom stereocenters. The fourth-order valence-electron chi connectivity index (χ4n) is 4.11. The summed E-state index contributed by atoms with van der Waals surface area (Å²) in [5.41, 5.74) is -0.282. The van der Waals surface area contributed by atoms with Crippen LogP contribution in [0, 0.1) is 28.1 Å². The van der Waals surface area contributed by atoms with Crippen molar-refractivity contribution in [3.05, 3.63) is 0 Å². The van der Waals surface area contributed by atoms with Gasteiger partial charge < -0.3 is 4.74 Å². The van der Waals surface area contributed by atoms with E-state index in [0.717, 1.165) is 25.7 Å². The minimum atomic E-state index is -0.337. The van der Waals surface area contributed by atoms with E-state index in [4.69, 9.17) is 4.74 Å². The molecular formula is C19H34O3. The highest BCUT2D eigenvalue weighted by Gasteiger charge is 2.58. The van der Waals surface area contributed by atoms with Crippen molar-refractivity contribution < 1.29 is 14.3 Å². The Bertz CT molecular complexity index is 430. The van der Waals surface area contributed by atoms with E-state index in [1.807, 2.05) is 0 Å². The molecule has 0 amide bonds. The second kappa shape index (κ2) is 6.33. The van der Waals surface area contributed by atoms with E-state index in [0.29, 0.717) is 0 Å². The lowest BCUT2D eigenvalue weighted by molar-refractivity contribution is -0.155. The lowest BCUT2D eigenvalue weighted by Crippen LogP contribution is -2.43. The van der Waals surface area contributed by atoms with Crippen LogP contribution in [0.15, 0.2) is 0 Å². The van der Waals surface area contributed by atoms with Crippen LogP contribution in [-0.4, -0.2) is 11.9 Å². The van der Waals surface area contributed by atoms with Crippen molar-refractivity contribution in [1.29, 1.82) is 0 Å². The topological polar surface area (TPSA) is 43.4 Å². The van der Waals surface area contributed by atoms with E-state index in [2.05, 4.69) is 55.4 Å². The molecule has 128 valence electrons. The monoisotopic (exact) mass is 310 g/mol. The molecule has 1 fully saturated rings. The minimum absolute atomic E-state index is 0.148. The molecule has 0 aromatic rings. The van der Waals surface area contributed by atoms with Crippen LogP contribution >= 0.6 is 0 Å². The van der Waals surface area contributed by atoms with Gasteiger partial charge in [0.05, 0.1) is 11.8 Å². The predicted octanol–water partition coefficient (Wildman–Crippen LogP) is 4.98. The lowest BCUT2D eigenvalue weighted by Gasteiger charge is -2.43. The van der Waals surface area contributed by atoms with Crippen LogP contribution in [0.3, 0.4) is 0 Å². The van der Waals surface area contributed by atoms with E-state index in [1.165, 1.54) is 0 Å². The summed E-state index contributed by atoms with van der Waals surface area (Å²) in [6.45, 7) is 17.2. The molecule has 1 rings (SSSR count). The van der Waals surface area contributed by atoms with Crippen LogP contribution in [0.2, 0.25) is 0 Å². The van der Waals surface area contributed by atoms with E-state index >= 15 is 0 Å². The van der Waals surface area contributed by atoms with Crippen LogP contribution in [-0.2, 0) is 14.3 Å². The van der Waals surface area contributed by atoms with Gasteiger partial charge in [0.15, 0.2) is 0 Å². The molecule has 0 aromatic heterocycles. The molecule has 1 saturated heterocycles. The van der Waals surface area contributed by atoms with Crippen molar-refractivity contribution in [2.75, 3.05) is 0 Å². The molecule has 22 heavy (non-hydrogen) atoms. The first-order chi connectivity index (χ1) is 9.94. The Hall–Kier alpha value is -0.860. The van der Waals surface area contributed by atoms with Crippen LogP contribution in [0.25, 0.3) is 0 Å². The lowest BCUT2D eigenvalue weighted by atomic mass is 9.58. The predicted molar refractivity (Wildman–Crippen MR) is 89.2 cm³/mol. The average molecular weight is 310 g/mol. The van der Waals surface area contributed by atoms with Crippen LogP contribution in [0.4, 0.5) is 0 Å². The van der Waals surface area contributed by atoms with Crippen LogP contribution < -0.4 is 0 Å². The molecule has 0 N–H and O–H groups in total. The zero-order chi connectivity index (χ0) is 17.3. The first-order valence-electron chi connectivity index (χ1n) is 8.69. The number of esters is 2. The SMILES string of the molecule is CCC(C)(C)CC(C)(C)C1C(=O)OC(=O)C1C(C)(CC)CC. The summed E-state index contributed by atoms with van der Waals surface area (Å²) in [7, 11) is 0. The highest BCUT2D eigenvalue weighted by atomic mass is 16.6. The first kappa shape index (κ1) is 19.2. The second-order valence-corrected chi connectivity index (χ2v) is 8.74. The fourth-order valence-corrected chi connectivity index (χ4v) is 4.11. The maximum atomic E-state index is 12.5. The maximum absolute atomic E-state index is 12.5. The molecule has 0 saturated carbocycles. The van der Waals surface area contributed by atoms with Gasteiger partial charge in [-0.15, -0.1) is 0 Å². The molecule has 1 aliphatic heterocycles. The van der Waals surface area contributed by atoms with Gasteiger partial charge in [0.1, 0.15) is 0 Å². The Kier molecular flexibility index (Phi) is 5.52. The summed E-state index contributed by atoms with van der Waals surface area (Å²) in [4.78, 5) is 24.8. The molecule has 3 nitrogen and oxygen atoms in total. The van der Waals surface area contributed by atoms with Crippen molar-refractivity contribution in [2.24, 2.45) is 28.1 Å². The summed E-state index contributed by atoms with van der Waals surface area (Å²) < 4.78 is 5.09. The Morgan fingerprint density at radius 3 is 1.68 bits per heavy atom. The summed E-state index contributed by atoms with van der Waals surface area (Å²) in [6.07, 6.45) is 3.71. The summed E-state index contributed by atoms with van der Waals surface area (Å²) in [5.74, 6) is -1.29. The van der Waals surface area contributed by atoms with Crippen LogP contribution in [0.5, 0.6) is 0 Å². The molecule has 2 atom stereocenters. The van der Waals surface area contributed by atoms with Gasteiger partial charge in [-0.1, -0.05) is 61.8 Å². The number of hydrogen-bond donors (Lipinski definition) is 0. The zero-order valence-electron chi connectivity index (χ0n) is 15.7. The van der Waals surface area contributed by atoms with Gasteiger partial charge in [-0.25, -0.2) is 0 Å². The number of carbonyl (C=O) groups excluding carboxylic acids is 2. The Morgan fingerprint density at radius 1 is 0.818 bits per heavy atom. The standard InChI is InChI=1S/C19H34O3/c1-9-17(4,5)12-18(6,7)13-14(16(21)22-15(13)20)19(8,10-2)11-3/h13-14H,9-12H2,1-8H3. The largest absolute Gasteiger partial charge is 0.393 e. The van der Waals surface area contributed by atoms with Gasteiger partial charge in [0.25, 0.3) is 0 Å². The third kappa shape index (κ3) is 3.55. The zero-order valence-corrected chi connectivity index (χ0v) is 15.7. The summed E-state index contributed by atoms with van der Waals surface area (Å²) >= 11 is 0. The molecule has 1 aliphatic rings. The molecule has 1 heterocycles. The van der Waals surface area contributed by atoms with Gasteiger partial charge in [0.2, 0.25) is 0 Å². The van der Waals surface area contributed by atoms with E-state index in [-0.39, 0.29) is 40.0 Å². The van der Waals surface area contributed by atoms with E-state index in [1.54, 1.807) is 0 Å². The van der Waals surface area contributed by atoms with Gasteiger partial charge in [-0.3, -0.25) is 9.59 Å². The van der Waals surface area contributed by atoms with Crippen molar-refractivity contribution in [3.63, 3.8) is 0 Å². The number of hydrogen-bond acceptors (Lipinski definition) is 3. The number of cyclic esters (lactones) is 2. The molecule has 3 heteroatoms. The molecular weight excluding hydrogens is 276 g/mol. The smallest absolute Gasteiger partial charge is 0.318 e. The highest BCUT2D eigenvalue weighted by molar-refractivity contribution is 5.97. The van der Waals surface area contributed by atoms with Gasteiger partial charge in [0, 0.05) is 0 Å². The van der Waals surface area contributed by atoms with Gasteiger partial charge in [-0.2, -0.15) is 0 Å². The van der Waals surface area contributed by atoms with Gasteiger partial charge in [-0.05, 0) is 35.5 Å². The Balaban J connectivity index is 3.23. The first-order valence-corrected chi connectivity index (χ1v) is 8.69. The second-order valence-electron chi connectivity index (χ2n) is 8.74. The van der Waals surface area contributed by atoms with Crippen molar-refractivity contribution in [2.45, 2.75) is 81.1 Å². The molecule has 0 bridgehead atoms.